The van der Waals surface area contributed by atoms with Gasteiger partial charge in [0.2, 0.25) is 5.82 Å². The Morgan fingerprint density at radius 2 is 2.19 bits per heavy atom. The summed E-state index contributed by atoms with van der Waals surface area (Å²) in [5.41, 5.74) is -1.79. The summed E-state index contributed by atoms with van der Waals surface area (Å²) in [6, 6.07) is 0. The molecule has 0 aliphatic heterocycles. The third-order valence-electron chi connectivity index (χ3n) is 1.98. The molecule has 1 unspecified atom stereocenters. The zero-order chi connectivity index (χ0) is 12.3. The van der Waals surface area contributed by atoms with Gasteiger partial charge in [-0.3, -0.25) is 14.3 Å². The Hall–Kier alpha value is -1.14. The van der Waals surface area contributed by atoms with Crippen LogP contribution in [0.5, 0.6) is 0 Å². The van der Waals surface area contributed by atoms with Gasteiger partial charge in [-0.05, 0) is 13.8 Å². The summed E-state index contributed by atoms with van der Waals surface area (Å²) >= 11 is 5.31. The average molecular weight is 251 g/mol. The summed E-state index contributed by atoms with van der Waals surface area (Å²) in [5, 5.41) is -0.574. The van der Waals surface area contributed by atoms with Gasteiger partial charge >= 0.3 is 5.69 Å². The Morgan fingerprint density at radius 1 is 1.56 bits per heavy atom. The van der Waals surface area contributed by atoms with Crippen LogP contribution in [-0.4, -0.2) is 22.3 Å². The van der Waals surface area contributed by atoms with E-state index in [4.69, 9.17) is 16.3 Å². The number of aromatic amines is 1. The molecule has 0 saturated heterocycles. The lowest BCUT2D eigenvalue weighted by Gasteiger charge is -2.12. The third-order valence-corrected chi connectivity index (χ3v) is 2.24. The maximum atomic E-state index is 13.1. The second kappa shape index (κ2) is 5.27. The summed E-state index contributed by atoms with van der Waals surface area (Å²) in [6.45, 7) is 3.90. The first kappa shape index (κ1) is 12.9. The van der Waals surface area contributed by atoms with Crippen LogP contribution in [0.25, 0.3) is 0 Å². The minimum absolute atomic E-state index is 0.0178. The number of nitrogens with one attached hydrogen (secondary N) is 1. The fourth-order valence-electron chi connectivity index (χ4n) is 1.28. The highest BCUT2D eigenvalue weighted by Crippen LogP contribution is 2.02. The summed E-state index contributed by atoms with van der Waals surface area (Å²) in [7, 11) is 0. The number of ether oxygens (including phenoxy) is 1. The lowest BCUT2D eigenvalue weighted by atomic mass is 10.4. The highest BCUT2D eigenvalue weighted by atomic mass is 35.5. The van der Waals surface area contributed by atoms with Gasteiger partial charge in [-0.2, -0.15) is 4.39 Å². The van der Waals surface area contributed by atoms with Gasteiger partial charge in [0, 0.05) is 6.61 Å². The van der Waals surface area contributed by atoms with Crippen LogP contribution in [-0.2, 0) is 11.3 Å². The molecule has 1 aromatic rings. The van der Waals surface area contributed by atoms with E-state index < -0.39 is 22.2 Å². The number of hydrogen-bond donors (Lipinski definition) is 1. The Morgan fingerprint density at radius 3 is 2.75 bits per heavy atom. The van der Waals surface area contributed by atoms with Crippen LogP contribution >= 0.6 is 11.6 Å². The first-order valence-electron chi connectivity index (χ1n) is 4.77. The van der Waals surface area contributed by atoms with E-state index in [9.17, 15) is 14.0 Å². The number of rotatable bonds is 4. The van der Waals surface area contributed by atoms with E-state index in [0.29, 0.717) is 6.61 Å². The molecule has 0 radical (unpaired) electrons. The molecule has 0 aliphatic carbocycles. The molecule has 0 spiro atoms. The van der Waals surface area contributed by atoms with E-state index in [-0.39, 0.29) is 12.6 Å². The Bertz CT molecular complexity index is 483. The molecule has 90 valence electrons. The van der Waals surface area contributed by atoms with Crippen molar-refractivity contribution in [2.45, 2.75) is 26.5 Å². The molecule has 1 aromatic heterocycles. The highest BCUT2D eigenvalue weighted by Gasteiger charge is 2.14. The largest absolute Gasteiger partial charge is 0.377 e. The van der Waals surface area contributed by atoms with Gasteiger partial charge in [0.1, 0.15) is 0 Å². The molecule has 5 nitrogen and oxygen atoms in total. The lowest BCUT2D eigenvalue weighted by molar-refractivity contribution is 0.0620. The SMILES string of the molecule is CCOC(C)Cn1c(=O)[nH]c(Cl)c(F)c1=O. The third kappa shape index (κ3) is 2.70. The fraction of sp³-hybridized carbons (Fsp3) is 0.556. The lowest BCUT2D eigenvalue weighted by Crippen LogP contribution is -2.40. The van der Waals surface area contributed by atoms with E-state index in [1.807, 2.05) is 4.98 Å². The van der Waals surface area contributed by atoms with E-state index in [0.717, 1.165) is 4.57 Å². The molecule has 0 aliphatic rings. The molecule has 1 heterocycles. The number of H-pyrrole nitrogens is 1. The Kier molecular flexibility index (Phi) is 4.26. The molecule has 0 amide bonds. The van der Waals surface area contributed by atoms with Gasteiger partial charge in [0.15, 0.2) is 5.15 Å². The van der Waals surface area contributed by atoms with Crippen LogP contribution < -0.4 is 11.2 Å². The zero-order valence-electron chi connectivity index (χ0n) is 8.92. The Labute approximate surface area is 95.8 Å². The minimum atomic E-state index is -1.16. The molecule has 1 N–H and O–H groups in total. The summed E-state index contributed by atoms with van der Waals surface area (Å²) in [4.78, 5) is 24.8. The maximum Gasteiger partial charge on any atom is 0.329 e. The van der Waals surface area contributed by atoms with E-state index in [1.165, 1.54) is 0 Å². The van der Waals surface area contributed by atoms with Crippen LogP contribution in [0.1, 0.15) is 13.8 Å². The molecule has 0 bridgehead atoms. The van der Waals surface area contributed by atoms with Crippen LogP contribution in [0.4, 0.5) is 4.39 Å². The smallest absolute Gasteiger partial charge is 0.329 e. The van der Waals surface area contributed by atoms with Crippen molar-refractivity contribution >= 4 is 11.6 Å². The average Bonchev–Trinajstić information content (AvgIpc) is 2.22. The minimum Gasteiger partial charge on any atom is -0.377 e. The van der Waals surface area contributed by atoms with E-state index in [1.54, 1.807) is 13.8 Å². The van der Waals surface area contributed by atoms with Crippen LogP contribution in [0, 0.1) is 5.82 Å². The second-order valence-electron chi connectivity index (χ2n) is 3.24. The van der Waals surface area contributed by atoms with Gasteiger partial charge in [-0.1, -0.05) is 11.6 Å². The molecular formula is C9H12ClFN2O3. The molecule has 16 heavy (non-hydrogen) atoms. The zero-order valence-corrected chi connectivity index (χ0v) is 9.68. The molecular weight excluding hydrogens is 239 g/mol. The second-order valence-corrected chi connectivity index (χ2v) is 3.62. The molecule has 1 atom stereocenters. The number of halogens is 2. The van der Waals surface area contributed by atoms with Crippen molar-refractivity contribution in [2.75, 3.05) is 6.61 Å². The number of nitrogens with zero attached hydrogens (tertiary/aromatic N) is 1. The topological polar surface area (TPSA) is 64.1 Å². The van der Waals surface area contributed by atoms with Crippen molar-refractivity contribution in [3.05, 3.63) is 31.8 Å². The maximum absolute atomic E-state index is 13.1. The number of aromatic nitrogens is 2. The van der Waals surface area contributed by atoms with E-state index in [2.05, 4.69) is 0 Å². The Balaban J connectivity index is 3.10. The van der Waals surface area contributed by atoms with Crippen LogP contribution in [0.2, 0.25) is 5.15 Å². The predicted molar refractivity (Wildman–Crippen MR) is 57.4 cm³/mol. The summed E-state index contributed by atoms with van der Waals surface area (Å²) in [5.74, 6) is -1.16. The van der Waals surface area contributed by atoms with E-state index >= 15 is 0 Å². The molecule has 0 fully saturated rings. The monoisotopic (exact) mass is 250 g/mol. The molecule has 0 saturated carbocycles. The molecule has 1 rings (SSSR count). The van der Waals surface area contributed by atoms with Gasteiger partial charge in [0.05, 0.1) is 12.6 Å². The fourth-order valence-corrected chi connectivity index (χ4v) is 1.44. The predicted octanol–water partition coefficient (Wildman–Crippen LogP) is 0.754. The normalized spacial score (nSPS) is 12.8. The van der Waals surface area contributed by atoms with Crippen molar-refractivity contribution in [3.63, 3.8) is 0 Å². The molecule has 7 heteroatoms. The van der Waals surface area contributed by atoms with Gasteiger partial charge in [0.25, 0.3) is 5.56 Å². The molecule has 0 aromatic carbocycles. The first-order valence-corrected chi connectivity index (χ1v) is 5.14. The van der Waals surface area contributed by atoms with Crippen molar-refractivity contribution in [2.24, 2.45) is 0 Å². The summed E-state index contributed by atoms with van der Waals surface area (Å²) in [6.07, 6.45) is -0.357. The van der Waals surface area contributed by atoms with Crippen molar-refractivity contribution in [1.29, 1.82) is 0 Å². The van der Waals surface area contributed by atoms with Crippen molar-refractivity contribution in [3.8, 4) is 0 Å². The van der Waals surface area contributed by atoms with Gasteiger partial charge in [-0.25, -0.2) is 4.79 Å². The summed E-state index contributed by atoms with van der Waals surface area (Å²) < 4.78 is 19.0. The highest BCUT2D eigenvalue weighted by molar-refractivity contribution is 6.29. The van der Waals surface area contributed by atoms with Crippen LogP contribution in [0.15, 0.2) is 9.59 Å². The quantitative estimate of drug-likeness (QED) is 0.803. The number of hydrogen-bond acceptors (Lipinski definition) is 3. The van der Waals surface area contributed by atoms with Crippen molar-refractivity contribution in [1.82, 2.24) is 9.55 Å². The van der Waals surface area contributed by atoms with Gasteiger partial charge < -0.3 is 4.74 Å². The standard InChI is InChI=1S/C9H12ClFN2O3/c1-3-16-5(2)4-13-8(14)6(11)7(10)12-9(13)15/h5H,3-4H2,1-2H3,(H,12,15). The van der Waals surface area contributed by atoms with Crippen molar-refractivity contribution < 1.29 is 9.13 Å². The van der Waals surface area contributed by atoms with Gasteiger partial charge in [-0.15, -0.1) is 0 Å². The first-order chi connectivity index (χ1) is 7.47. The van der Waals surface area contributed by atoms with Crippen LogP contribution in [0.3, 0.4) is 0 Å².